The Labute approximate surface area is 106 Å². The summed E-state index contributed by atoms with van der Waals surface area (Å²) in [5.41, 5.74) is 1.73. The maximum atomic E-state index is 11.6. The third-order valence-corrected chi connectivity index (χ3v) is 2.95. The van der Waals surface area contributed by atoms with Crippen LogP contribution in [-0.4, -0.2) is 30.9 Å². The molecule has 0 atom stereocenters. The van der Waals surface area contributed by atoms with Gasteiger partial charge in [-0.25, -0.2) is 0 Å². The van der Waals surface area contributed by atoms with Gasteiger partial charge in [-0.1, -0.05) is 0 Å². The monoisotopic (exact) mass is 244 g/mol. The van der Waals surface area contributed by atoms with Crippen molar-refractivity contribution in [3.05, 3.63) is 24.3 Å². The summed E-state index contributed by atoms with van der Waals surface area (Å²) in [6.07, 6.45) is 1.26. The van der Waals surface area contributed by atoms with E-state index in [-0.39, 0.29) is 11.6 Å². The van der Waals surface area contributed by atoms with Crippen LogP contribution in [0.5, 0.6) is 0 Å². The quantitative estimate of drug-likeness (QED) is 0.879. The van der Waals surface area contributed by atoms with Gasteiger partial charge in [-0.05, 0) is 38.1 Å². The average Bonchev–Trinajstić information content (AvgIpc) is 2.73. The van der Waals surface area contributed by atoms with Gasteiger partial charge in [0.1, 0.15) is 5.71 Å². The Morgan fingerprint density at radius 2 is 1.83 bits per heavy atom. The second-order valence-corrected chi connectivity index (χ2v) is 3.96. The maximum Gasteiger partial charge on any atom is 0.298 e. The zero-order valence-electron chi connectivity index (χ0n) is 10.6. The molecule has 1 N–H and O–H groups in total. The van der Waals surface area contributed by atoms with Crippen molar-refractivity contribution in [1.82, 2.24) is 0 Å². The Balaban J connectivity index is 2.20. The largest absolute Gasteiger partial charge is 0.372 e. The van der Waals surface area contributed by atoms with E-state index in [0.717, 1.165) is 18.8 Å². The number of amides is 1. The van der Waals surface area contributed by atoms with Crippen LogP contribution in [0.1, 0.15) is 13.8 Å². The lowest BCUT2D eigenvalue weighted by molar-refractivity contribution is -0.112. The number of benzene rings is 1. The van der Waals surface area contributed by atoms with Crippen molar-refractivity contribution < 1.29 is 4.79 Å². The Morgan fingerprint density at radius 1 is 1.22 bits per heavy atom. The Hall–Kier alpha value is -2.17. The molecule has 0 unspecified atom stereocenters. The predicted molar refractivity (Wildman–Crippen MR) is 73.7 cm³/mol. The van der Waals surface area contributed by atoms with Crippen molar-refractivity contribution in [3.63, 3.8) is 0 Å². The minimum atomic E-state index is -0.384. The SMILES string of the molecule is CCN(CC)c1ccc(N2N=CC(=N)C2=O)cc1. The second-order valence-electron chi connectivity index (χ2n) is 3.96. The summed E-state index contributed by atoms with van der Waals surface area (Å²) in [4.78, 5) is 13.8. The topological polar surface area (TPSA) is 59.8 Å². The van der Waals surface area contributed by atoms with E-state index in [9.17, 15) is 4.79 Å². The van der Waals surface area contributed by atoms with E-state index < -0.39 is 0 Å². The van der Waals surface area contributed by atoms with Gasteiger partial charge in [-0.2, -0.15) is 10.1 Å². The first-order valence-electron chi connectivity index (χ1n) is 5.99. The van der Waals surface area contributed by atoms with Crippen molar-refractivity contribution in [2.24, 2.45) is 5.10 Å². The number of nitrogens with one attached hydrogen (secondary N) is 1. The Kier molecular flexibility index (Phi) is 3.41. The molecule has 2 rings (SSSR count). The molecule has 5 nitrogen and oxygen atoms in total. The molecule has 0 bridgehead atoms. The number of nitrogens with zero attached hydrogens (tertiary/aromatic N) is 3. The highest BCUT2D eigenvalue weighted by atomic mass is 16.2. The van der Waals surface area contributed by atoms with Crippen molar-refractivity contribution >= 4 is 29.2 Å². The molecule has 1 heterocycles. The first-order valence-corrected chi connectivity index (χ1v) is 5.99. The Bertz CT molecular complexity index is 488. The first kappa shape index (κ1) is 12.3. The maximum absolute atomic E-state index is 11.6. The summed E-state index contributed by atoms with van der Waals surface area (Å²) in [6, 6.07) is 7.63. The molecule has 1 aliphatic rings. The number of hydrogen-bond donors (Lipinski definition) is 1. The van der Waals surface area contributed by atoms with Crippen LogP contribution >= 0.6 is 0 Å². The molecule has 1 aromatic rings. The van der Waals surface area contributed by atoms with Crippen molar-refractivity contribution in [1.29, 1.82) is 5.41 Å². The molecule has 1 aromatic carbocycles. The molecule has 94 valence electrons. The lowest BCUT2D eigenvalue weighted by atomic mass is 10.2. The van der Waals surface area contributed by atoms with E-state index in [4.69, 9.17) is 5.41 Å². The highest BCUT2D eigenvalue weighted by Crippen LogP contribution is 2.22. The van der Waals surface area contributed by atoms with Crippen LogP contribution in [0.25, 0.3) is 0 Å². The number of hydrogen-bond acceptors (Lipinski definition) is 4. The zero-order chi connectivity index (χ0) is 13.1. The number of anilines is 2. The van der Waals surface area contributed by atoms with Crippen molar-refractivity contribution in [2.45, 2.75) is 13.8 Å². The van der Waals surface area contributed by atoms with Crippen LogP contribution in [-0.2, 0) is 4.79 Å². The lowest BCUT2D eigenvalue weighted by Crippen LogP contribution is -2.25. The van der Waals surface area contributed by atoms with Gasteiger partial charge in [-0.15, -0.1) is 0 Å². The number of rotatable bonds is 4. The number of hydrazone groups is 1. The molecule has 0 spiro atoms. The molecule has 1 aliphatic heterocycles. The van der Waals surface area contributed by atoms with E-state index >= 15 is 0 Å². The summed E-state index contributed by atoms with van der Waals surface area (Å²) >= 11 is 0. The molecule has 1 amide bonds. The minimum Gasteiger partial charge on any atom is -0.372 e. The molecule has 0 radical (unpaired) electrons. The molecule has 18 heavy (non-hydrogen) atoms. The molecule has 0 saturated carbocycles. The fourth-order valence-corrected chi connectivity index (χ4v) is 1.91. The molecule has 5 heteroatoms. The van der Waals surface area contributed by atoms with E-state index in [1.54, 1.807) is 0 Å². The van der Waals surface area contributed by atoms with E-state index in [1.165, 1.54) is 11.2 Å². The highest BCUT2D eigenvalue weighted by molar-refractivity contribution is 6.64. The molecule has 0 fully saturated rings. The normalized spacial score (nSPS) is 14.4. The molecule has 0 aliphatic carbocycles. The van der Waals surface area contributed by atoms with Gasteiger partial charge in [-0.3, -0.25) is 10.2 Å². The summed E-state index contributed by atoms with van der Waals surface area (Å²) in [6.45, 7) is 6.10. The van der Waals surface area contributed by atoms with Crippen LogP contribution in [0, 0.1) is 5.41 Å². The molecule has 0 aromatic heterocycles. The summed E-state index contributed by atoms with van der Waals surface area (Å²) in [5.74, 6) is -0.384. The van der Waals surface area contributed by atoms with Gasteiger partial charge in [0.05, 0.1) is 11.9 Å². The second kappa shape index (κ2) is 5.00. The van der Waals surface area contributed by atoms with Crippen LogP contribution in [0.4, 0.5) is 11.4 Å². The minimum absolute atomic E-state index is 0.0807. The fraction of sp³-hybridized carbons (Fsp3) is 0.308. The van der Waals surface area contributed by atoms with Crippen LogP contribution in [0.2, 0.25) is 0 Å². The van der Waals surface area contributed by atoms with Crippen LogP contribution in [0.3, 0.4) is 0 Å². The van der Waals surface area contributed by atoms with E-state index in [2.05, 4.69) is 23.8 Å². The van der Waals surface area contributed by atoms with Crippen molar-refractivity contribution in [3.8, 4) is 0 Å². The predicted octanol–water partition coefficient (Wildman–Crippen LogP) is 1.88. The number of carbonyl (C=O) groups is 1. The fourth-order valence-electron chi connectivity index (χ4n) is 1.91. The van der Waals surface area contributed by atoms with Gasteiger partial charge in [0.2, 0.25) is 0 Å². The van der Waals surface area contributed by atoms with Crippen LogP contribution < -0.4 is 9.91 Å². The standard InChI is InChI=1S/C13H16N4O/c1-3-16(4-2)10-5-7-11(8-6-10)17-13(18)12(14)9-15-17/h5-9,14H,3-4H2,1-2H3. The Morgan fingerprint density at radius 3 is 2.28 bits per heavy atom. The third-order valence-electron chi connectivity index (χ3n) is 2.95. The van der Waals surface area contributed by atoms with E-state index in [0.29, 0.717) is 5.69 Å². The number of carbonyl (C=O) groups excluding carboxylic acids is 1. The van der Waals surface area contributed by atoms with E-state index in [1.807, 2.05) is 24.3 Å². The molecular weight excluding hydrogens is 228 g/mol. The zero-order valence-corrected chi connectivity index (χ0v) is 10.6. The average molecular weight is 244 g/mol. The first-order chi connectivity index (χ1) is 8.67. The summed E-state index contributed by atoms with van der Waals surface area (Å²) in [7, 11) is 0. The summed E-state index contributed by atoms with van der Waals surface area (Å²) < 4.78 is 0. The van der Waals surface area contributed by atoms with Gasteiger partial charge < -0.3 is 4.90 Å². The van der Waals surface area contributed by atoms with Gasteiger partial charge in [0.15, 0.2) is 0 Å². The highest BCUT2D eigenvalue weighted by Gasteiger charge is 2.23. The summed E-state index contributed by atoms with van der Waals surface area (Å²) in [5, 5.41) is 12.5. The molecular formula is C13H16N4O. The smallest absolute Gasteiger partial charge is 0.298 e. The van der Waals surface area contributed by atoms with Crippen LogP contribution in [0.15, 0.2) is 29.4 Å². The molecule has 0 saturated heterocycles. The van der Waals surface area contributed by atoms with Gasteiger partial charge in [0, 0.05) is 18.8 Å². The van der Waals surface area contributed by atoms with Crippen molar-refractivity contribution in [2.75, 3.05) is 23.0 Å². The lowest BCUT2D eigenvalue weighted by Gasteiger charge is -2.21. The van der Waals surface area contributed by atoms with Gasteiger partial charge >= 0.3 is 0 Å². The van der Waals surface area contributed by atoms with Gasteiger partial charge in [0.25, 0.3) is 5.91 Å². The third kappa shape index (κ3) is 2.11.